The molecule has 20 heavy (non-hydrogen) atoms. The van der Waals surface area contributed by atoms with Gasteiger partial charge in [-0.2, -0.15) is 0 Å². The van der Waals surface area contributed by atoms with E-state index in [1.807, 2.05) is 12.1 Å². The van der Waals surface area contributed by atoms with Crippen LogP contribution < -0.4 is 10.6 Å². The standard InChI is InChI=1S/C15H15ClN2S.ClH/c16-11-6-7-15-13(10-11)18(9-3-8-17)12-4-1-2-5-14(12)19-15;/h1-2,4-7,10H,3,8-9,17H2;1H. The first-order chi connectivity index (χ1) is 9.29. The number of nitrogens with zero attached hydrogens (tertiary/aromatic N) is 1. The quantitative estimate of drug-likeness (QED) is 0.885. The molecule has 0 atom stereocenters. The first-order valence-electron chi connectivity index (χ1n) is 6.33. The largest absolute Gasteiger partial charge is 0.340 e. The number of halogens is 2. The molecule has 0 saturated carbocycles. The summed E-state index contributed by atoms with van der Waals surface area (Å²) in [5, 5.41) is 0.775. The fraction of sp³-hybridized carbons (Fsp3) is 0.200. The van der Waals surface area contributed by atoms with Crippen molar-refractivity contribution in [3.05, 3.63) is 47.5 Å². The molecule has 0 bridgehead atoms. The van der Waals surface area contributed by atoms with Crippen LogP contribution >= 0.6 is 35.8 Å². The summed E-state index contributed by atoms with van der Waals surface area (Å²) >= 11 is 7.94. The van der Waals surface area contributed by atoms with Gasteiger partial charge in [-0.15, -0.1) is 12.4 Å². The average Bonchev–Trinajstić information content (AvgIpc) is 2.44. The van der Waals surface area contributed by atoms with Crippen LogP contribution in [0.3, 0.4) is 0 Å². The van der Waals surface area contributed by atoms with Crippen LogP contribution in [0.5, 0.6) is 0 Å². The Kier molecular flexibility index (Phi) is 5.22. The summed E-state index contributed by atoms with van der Waals surface area (Å²) in [7, 11) is 0. The van der Waals surface area contributed by atoms with E-state index in [-0.39, 0.29) is 12.4 Å². The number of fused-ring (bicyclic) bond motifs is 2. The molecule has 2 nitrogen and oxygen atoms in total. The molecule has 1 heterocycles. The lowest BCUT2D eigenvalue weighted by Crippen LogP contribution is -2.23. The molecular weight excluding hydrogens is 311 g/mol. The minimum absolute atomic E-state index is 0. The zero-order valence-corrected chi connectivity index (χ0v) is 13.3. The van der Waals surface area contributed by atoms with Crippen LogP contribution in [-0.2, 0) is 0 Å². The predicted octanol–water partition coefficient (Wildman–Crippen LogP) is 4.71. The van der Waals surface area contributed by atoms with Gasteiger partial charge in [-0.05, 0) is 43.3 Å². The van der Waals surface area contributed by atoms with Crippen molar-refractivity contribution in [2.75, 3.05) is 18.0 Å². The Hall–Kier alpha value is -0.870. The molecule has 106 valence electrons. The number of para-hydroxylation sites is 1. The Labute approximate surface area is 134 Å². The van der Waals surface area contributed by atoms with Crippen LogP contribution in [0.4, 0.5) is 11.4 Å². The Morgan fingerprint density at radius 1 is 1.05 bits per heavy atom. The lowest BCUT2D eigenvalue weighted by atomic mass is 10.2. The van der Waals surface area contributed by atoms with Gasteiger partial charge < -0.3 is 10.6 Å². The zero-order valence-electron chi connectivity index (χ0n) is 10.9. The van der Waals surface area contributed by atoms with E-state index >= 15 is 0 Å². The van der Waals surface area contributed by atoms with Crippen molar-refractivity contribution in [3.63, 3.8) is 0 Å². The summed E-state index contributed by atoms with van der Waals surface area (Å²) in [5.74, 6) is 0. The van der Waals surface area contributed by atoms with Crippen molar-refractivity contribution < 1.29 is 0 Å². The molecule has 2 aromatic rings. The molecule has 0 spiro atoms. The second-order valence-corrected chi connectivity index (χ2v) is 6.00. The highest BCUT2D eigenvalue weighted by molar-refractivity contribution is 7.99. The van der Waals surface area contributed by atoms with Crippen molar-refractivity contribution in [1.82, 2.24) is 0 Å². The Morgan fingerprint density at radius 2 is 1.80 bits per heavy atom. The van der Waals surface area contributed by atoms with Crippen LogP contribution in [0, 0.1) is 0 Å². The molecule has 0 aromatic heterocycles. The summed E-state index contributed by atoms with van der Waals surface area (Å²) < 4.78 is 0. The molecule has 1 aliphatic heterocycles. The van der Waals surface area contributed by atoms with E-state index in [1.54, 1.807) is 11.8 Å². The molecule has 0 aliphatic carbocycles. The van der Waals surface area contributed by atoms with E-state index < -0.39 is 0 Å². The molecule has 5 heteroatoms. The van der Waals surface area contributed by atoms with Crippen molar-refractivity contribution in [1.29, 1.82) is 0 Å². The van der Waals surface area contributed by atoms with Crippen LogP contribution in [-0.4, -0.2) is 13.1 Å². The highest BCUT2D eigenvalue weighted by Gasteiger charge is 2.22. The molecule has 2 aromatic carbocycles. The van der Waals surface area contributed by atoms with Gasteiger partial charge in [0.15, 0.2) is 0 Å². The van der Waals surface area contributed by atoms with Crippen LogP contribution in [0.1, 0.15) is 6.42 Å². The monoisotopic (exact) mass is 326 g/mol. The maximum atomic E-state index is 6.14. The van der Waals surface area contributed by atoms with Crippen LogP contribution in [0.2, 0.25) is 5.02 Å². The van der Waals surface area contributed by atoms with Crippen molar-refractivity contribution in [2.45, 2.75) is 16.2 Å². The van der Waals surface area contributed by atoms with Crippen molar-refractivity contribution in [3.8, 4) is 0 Å². The molecule has 3 rings (SSSR count). The first kappa shape index (κ1) is 15.5. The van der Waals surface area contributed by atoms with E-state index in [4.69, 9.17) is 17.3 Å². The number of hydrogen-bond donors (Lipinski definition) is 1. The highest BCUT2D eigenvalue weighted by atomic mass is 35.5. The predicted molar refractivity (Wildman–Crippen MR) is 89.9 cm³/mol. The maximum Gasteiger partial charge on any atom is 0.0567 e. The van der Waals surface area contributed by atoms with Gasteiger partial charge in [0.25, 0.3) is 0 Å². The van der Waals surface area contributed by atoms with Gasteiger partial charge in [-0.3, -0.25) is 0 Å². The lowest BCUT2D eigenvalue weighted by Gasteiger charge is -2.32. The normalized spacial score (nSPS) is 12.4. The van der Waals surface area contributed by atoms with E-state index in [2.05, 4.69) is 35.2 Å². The third-order valence-corrected chi connectivity index (χ3v) is 4.54. The number of rotatable bonds is 3. The smallest absolute Gasteiger partial charge is 0.0567 e. The molecular formula is C15H16Cl2N2S. The van der Waals surface area contributed by atoms with Gasteiger partial charge in [0.2, 0.25) is 0 Å². The fourth-order valence-corrected chi connectivity index (χ4v) is 3.54. The molecule has 1 aliphatic rings. The number of anilines is 2. The summed E-state index contributed by atoms with van der Waals surface area (Å²) in [6, 6.07) is 14.5. The van der Waals surface area contributed by atoms with E-state index in [0.717, 1.165) is 18.0 Å². The summed E-state index contributed by atoms with van der Waals surface area (Å²) in [5.41, 5.74) is 8.09. The SMILES string of the molecule is Cl.NCCCN1c2ccccc2Sc2ccc(Cl)cc21. The Morgan fingerprint density at radius 3 is 2.60 bits per heavy atom. The molecule has 0 amide bonds. The minimum atomic E-state index is 0. The van der Waals surface area contributed by atoms with E-state index in [1.165, 1.54) is 21.2 Å². The van der Waals surface area contributed by atoms with Crippen molar-refractivity contribution in [2.24, 2.45) is 5.73 Å². The zero-order chi connectivity index (χ0) is 13.2. The molecule has 0 unspecified atom stereocenters. The Balaban J connectivity index is 0.00000147. The lowest BCUT2D eigenvalue weighted by molar-refractivity contribution is 0.807. The Bertz CT molecular complexity index is 604. The van der Waals surface area contributed by atoms with Gasteiger partial charge in [0.05, 0.1) is 11.4 Å². The average molecular weight is 327 g/mol. The molecule has 2 N–H and O–H groups in total. The van der Waals surface area contributed by atoms with Crippen LogP contribution in [0.25, 0.3) is 0 Å². The number of nitrogens with two attached hydrogens (primary N) is 1. The summed E-state index contributed by atoms with van der Waals surface area (Å²) in [6.45, 7) is 1.61. The van der Waals surface area contributed by atoms with E-state index in [9.17, 15) is 0 Å². The third-order valence-electron chi connectivity index (χ3n) is 3.17. The second-order valence-electron chi connectivity index (χ2n) is 4.48. The van der Waals surface area contributed by atoms with Gasteiger partial charge in [0, 0.05) is 21.4 Å². The van der Waals surface area contributed by atoms with Gasteiger partial charge >= 0.3 is 0 Å². The molecule has 0 fully saturated rings. The third kappa shape index (κ3) is 2.91. The van der Waals surface area contributed by atoms with Gasteiger partial charge in [0.1, 0.15) is 0 Å². The van der Waals surface area contributed by atoms with Crippen molar-refractivity contribution >= 4 is 47.1 Å². The topological polar surface area (TPSA) is 29.3 Å². The fourth-order valence-electron chi connectivity index (χ4n) is 2.29. The number of benzene rings is 2. The second kappa shape index (κ2) is 6.72. The van der Waals surface area contributed by atoms with Gasteiger partial charge in [-0.1, -0.05) is 35.5 Å². The van der Waals surface area contributed by atoms with E-state index in [0.29, 0.717) is 6.54 Å². The maximum absolute atomic E-state index is 6.14. The highest BCUT2D eigenvalue weighted by Crippen LogP contribution is 2.48. The van der Waals surface area contributed by atoms with Gasteiger partial charge in [-0.25, -0.2) is 0 Å². The first-order valence-corrected chi connectivity index (χ1v) is 7.53. The van der Waals surface area contributed by atoms with Crippen LogP contribution in [0.15, 0.2) is 52.3 Å². The number of hydrogen-bond acceptors (Lipinski definition) is 3. The molecule has 0 saturated heterocycles. The molecule has 0 radical (unpaired) electrons. The summed E-state index contributed by atoms with van der Waals surface area (Å²) in [6.07, 6.45) is 0.963. The summed E-state index contributed by atoms with van der Waals surface area (Å²) in [4.78, 5) is 4.86. The minimum Gasteiger partial charge on any atom is -0.340 e.